The first-order chi connectivity index (χ1) is 8.61. The van der Waals surface area contributed by atoms with Crippen molar-refractivity contribution < 1.29 is 19.4 Å². The summed E-state index contributed by atoms with van der Waals surface area (Å²) in [5.41, 5.74) is -0.498. The first kappa shape index (κ1) is 17.9. The van der Waals surface area contributed by atoms with Crippen LogP contribution in [0.1, 0.15) is 41.0 Å². The molecule has 0 aromatic rings. The van der Waals surface area contributed by atoms with E-state index < -0.39 is 23.4 Å². The molecule has 0 aromatic heterocycles. The van der Waals surface area contributed by atoms with Crippen LogP contribution in [0.15, 0.2) is 0 Å². The van der Waals surface area contributed by atoms with Crippen LogP contribution in [0.5, 0.6) is 0 Å². The van der Waals surface area contributed by atoms with E-state index in [0.717, 1.165) is 0 Å². The number of amides is 1. The Morgan fingerprint density at radius 1 is 1.32 bits per heavy atom. The maximum atomic E-state index is 12.4. The highest BCUT2D eigenvalue weighted by Gasteiger charge is 2.40. The third-order valence-electron chi connectivity index (χ3n) is 2.89. The first-order valence-electron chi connectivity index (χ1n) is 6.71. The summed E-state index contributed by atoms with van der Waals surface area (Å²) >= 11 is 0. The molecule has 5 nitrogen and oxygen atoms in total. The summed E-state index contributed by atoms with van der Waals surface area (Å²) in [6, 6.07) is 0. The maximum Gasteiger partial charge on any atom is 0.319 e. The molecule has 0 saturated carbocycles. The number of aliphatic hydroxyl groups excluding tert-OH is 1. The topological polar surface area (TPSA) is 66.8 Å². The molecule has 0 aromatic carbocycles. The minimum Gasteiger partial charge on any atom is -0.465 e. The second-order valence-corrected chi connectivity index (χ2v) is 5.95. The van der Waals surface area contributed by atoms with Gasteiger partial charge in [0.2, 0.25) is 5.91 Å². The van der Waals surface area contributed by atoms with E-state index in [1.807, 2.05) is 20.8 Å². The van der Waals surface area contributed by atoms with Gasteiger partial charge in [-0.1, -0.05) is 20.8 Å². The van der Waals surface area contributed by atoms with Crippen LogP contribution in [0.2, 0.25) is 0 Å². The molecule has 5 heteroatoms. The minimum absolute atomic E-state index is 0.258. The lowest BCUT2D eigenvalue weighted by atomic mass is 9.79. The van der Waals surface area contributed by atoms with Crippen molar-refractivity contribution in [3.63, 3.8) is 0 Å². The molecule has 0 saturated heterocycles. The van der Waals surface area contributed by atoms with Crippen molar-refractivity contribution in [3.8, 4) is 0 Å². The van der Waals surface area contributed by atoms with Crippen LogP contribution in [-0.2, 0) is 14.3 Å². The molecule has 0 spiro atoms. The molecule has 0 aliphatic rings. The summed E-state index contributed by atoms with van der Waals surface area (Å²) in [5.74, 6) is -1.55. The number of ether oxygens (including phenoxy) is 1. The van der Waals surface area contributed by atoms with Gasteiger partial charge in [0.1, 0.15) is 5.92 Å². The summed E-state index contributed by atoms with van der Waals surface area (Å²) in [6.45, 7) is 9.60. The van der Waals surface area contributed by atoms with E-state index in [-0.39, 0.29) is 12.5 Å². The lowest BCUT2D eigenvalue weighted by Gasteiger charge is -2.31. The van der Waals surface area contributed by atoms with Crippen molar-refractivity contribution in [3.05, 3.63) is 0 Å². The van der Waals surface area contributed by atoms with Gasteiger partial charge in [-0.2, -0.15) is 0 Å². The Bertz CT molecular complexity index is 307. The van der Waals surface area contributed by atoms with Gasteiger partial charge in [0.05, 0.1) is 12.7 Å². The number of carbonyl (C=O) groups excluding carboxylic acids is 2. The van der Waals surface area contributed by atoms with Crippen molar-refractivity contribution in [1.82, 2.24) is 4.90 Å². The highest BCUT2D eigenvalue weighted by atomic mass is 16.5. The molecule has 112 valence electrons. The van der Waals surface area contributed by atoms with Crippen LogP contribution in [0.3, 0.4) is 0 Å². The smallest absolute Gasteiger partial charge is 0.319 e. The standard InChI is InChI=1S/C14H27NO4/c1-7-19-13(18)11(14(3,4)5)12(17)15(6)9-8-10(2)16/h10-11,16H,7-9H2,1-6H3. The number of aliphatic hydroxyl groups is 1. The molecule has 0 aliphatic heterocycles. The normalized spacial score (nSPS) is 14.7. The van der Waals surface area contributed by atoms with Gasteiger partial charge < -0.3 is 14.7 Å². The molecule has 0 radical (unpaired) electrons. The predicted octanol–water partition coefficient (Wildman–Crippen LogP) is 1.44. The minimum atomic E-state index is -0.813. The van der Waals surface area contributed by atoms with Gasteiger partial charge in [0, 0.05) is 13.6 Å². The van der Waals surface area contributed by atoms with Gasteiger partial charge in [0.15, 0.2) is 0 Å². The number of esters is 1. The molecule has 2 atom stereocenters. The summed E-state index contributed by atoms with van der Waals surface area (Å²) < 4.78 is 4.99. The Kier molecular flexibility index (Phi) is 7.05. The van der Waals surface area contributed by atoms with Gasteiger partial charge in [-0.3, -0.25) is 9.59 Å². The largest absolute Gasteiger partial charge is 0.465 e. The van der Waals surface area contributed by atoms with Crippen molar-refractivity contribution in [2.45, 2.75) is 47.1 Å². The van der Waals surface area contributed by atoms with Crippen molar-refractivity contribution in [1.29, 1.82) is 0 Å². The average Bonchev–Trinajstić information content (AvgIpc) is 2.24. The molecular weight excluding hydrogens is 246 g/mol. The van der Waals surface area contributed by atoms with Gasteiger partial charge >= 0.3 is 5.97 Å². The van der Waals surface area contributed by atoms with Gasteiger partial charge in [-0.15, -0.1) is 0 Å². The average molecular weight is 273 g/mol. The molecule has 0 fully saturated rings. The van der Waals surface area contributed by atoms with Gasteiger partial charge in [-0.25, -0.2) is 0 Å². The Balaban J connectivity index is 4.86. The second-order valence-electron chi connectivity index (χ2n) is 5.95. The quantitative estimate of drug-likeness (QED) is 0.587. The van der Waals surface area contributed by atoms with Crippen molar-refractivity contribution in [2.24, 2.45) is 11.3 Å². The second kappa shape index (κ2) is 7.48. The molecule has 19 heavy (non-hydrogen) atoms. The summed E-state index contributed by atoms with van der Waals surface area (Å²) in [7, 11) is 1.64. The Hall–Kier alpha value is -1.10. The molecule has 1 N–H and O–H groups in total. The summed E-state index contributed by atoms with van der Waals surface area (Å²) in [4.78, 5) is 25.8. The zero-order chi connectivity index (χ0) is 15.2. The van der Waals surface area contributed by atoms with E-state index in [1.54, 1.807) is 20.9 Å². The molecule has 1 amide bonds. The zero-order valence-corrected chi connectivity index (χ0v) is 12.9. The Labute approximate surface area is 115 Å². The van der Waals surface area contributed by atoms with E-state index in [1.165, 1.54) is 4.90 Å². The molecule has 0 bridgehead atoms. The van der Waals surface area contributed by atoms with E-state index in [9.17, 15) is 14.7 Å². The molecule has 0 aliphatic carbocycles. The third-order valence-corrected chi connectivity index (χ3v) is 2.89. The zero-order valence-electron chi connectivity index (χ0n) is 12.9. The fourth-order valence-electron chi connectivity index (χ4n) is 1.76. The number of hydrogen-bond donors (Lipinski definition) is 1. The van der Waals surface area contributed by atoms with Gasteiger partial charge in [0.25, 0.3) is 0 Å². The van der Waals surface area contributed by atoms with Crippen molar-refractivity contribution >= 4 is 11.9 Å². The maximum absolute atomic E-state index is 12.4. The molecule has 0 heterocycles. The van der Waals surface area contributed by atoms with Gasteiger partial charge in [-0.05, 0) is 25.7 Å². The van der Waals surface area contributed by atoms with Crippen molar-refractivity contribution in [2.75, 3.05) is 20.2 Å². The third kappa shape index (κ3) is 6.05. The van der Waals surface area contributed by atoms with E-state index in [2.05, 4.69) is 0 Å². The van der Waals surface area contributed by atoms with Crippen LogP contribution < -0.4 is 0 Å². The van der Waals surface area contributed by atoms with E-state index in [0.29, 0.717) is 13.0 Å². The summed E-state index contributed by atoms with van der Waals surface area (Å²) in [5, 5.41) is 9.25. The van der Waals surface area contributed by atoms with Crippen LogP contribution in [-0.4, -0.2) is 48.2 Å². The highest BCUT2D eigenvalue weighted by molar-refractivity contribution is 5.98. The Morgan fingerprint density at radius 2 is 1.84 bits per heavy atom. The van der Waals surface area contributed by atoms with Crippen LogP contribution in [0.4, 0.5) is 0 Å². The number of carbonyl (C=O) groups is 2. The Morgan fingerprint density at radius 3 is 2.21 bits per heavy atom. The fraction of sp³-hybridized carbons (Fsp3) is 0.857. The SMILES string of the molecule is CCOC(=O)C(C(=O)N(C)CCC(C)O)C(C)(C)C. The molecule has 2 unspecified atom stereocenters. The molecular formula is C14H27NO4. The lowest BCUT2D eigenvalue weighted by molar-refractivity contribution is -0.160. The lowest BCUT2D eigenvalue weighted by Crippen LogP contribution is -2.45. The molecule has 0 rings (SSSR count). The number of rotatable bonds is 6. The number of nitrogens with zero attached hydrogens (tertiary/aromatic N) is 1. The van der Waals surface area contributed by atoms with Crippen LogP contribution in [0.25, 0.3) is 0 Å². The first-order valence-corrected chi connectivity index (χ1v) is 6.71. The fourth-order valence-corrected chi connectivity index (χ4v) is 1.76. The van der Waals surface area contributed by atoms with E-state index in [4.69, 9.17) is 4.74 Å². The summed E-state index contributed by atoms with van der Waals surface area (Å²) in [6.07, 6.45) is 0.0213. The van der Waals surface area contributed by atoms with E-state index >= 15 is 0 Å². The van der Waals surface area contributed by atoms with Crippen LogP contribution >= 0.6 is 0 Å². The predicted molar refractivity (Wildman–Crippen MR) is 73.5 cm³/mol. The highest BCUT2D eigenvalue weighted by Crippen LogP contribution is 2.28. The monoisotopic (exact) mass is 273 g/mol. The number of hydrogen-bond acceptors (Lipinski definition) is 4. The van der Waals surface area contributed by atoms with Crippen LogP contribution in [0, 0.1) is 11.3 Å².